The lowest BCUT2D eigenvalue weighted by atomic mass is 9.65. The third-order valence-corrected chi connectivity index (χ3v) is 7.83. The number of carbonyl (C=O) groups excluding carboxylic acids is 1. The van der Waals surface area contributed by atoms with E-state index in [4.69, 9.17) is 0 Å². The van der Waals surface area contributed by atoms with Crippen LogP contribution in [-0.4, -0.2) is 36.5 Å². The van der Waals surface area contributed by atoms with Crippen LogP contribution in [0.15, 0.2) is 29.6 Å². The molecule has 2 atom stereocenters. The number of hydrogen-bond acceptors (Lipinski definition) is 4. The minimum atomic E-state index is 0. The second kappa shape index (κ2) is 6.45. The molecule has 24 heavy (non-hydrogen) atoms. The Labute approximate surface area is 156 Å². The molecule has 3 saturated heterocycles. The molecule has 3 nitrogen and oxygen atoms in total. The Kier molecular flexibility index (Phi) is 4.45. The molecule has 4 fully saturated rings. The van der Waals surface area contributed by atoms with Crippen molar-refractivity contribution in [3.8, 4) is 9.75 Å². The number of thiophene rings is 2. The molecule has 6 rings (SSSR count). The number of amides is 1. The van der Waals surface area contributed by atoms with E-state index in [0.717, 1.165) is 10.8 Å². The summed E-state index contributed by atoms with van der Waals surface area (Å²) in [5.41, 5.74) is 0. The molecular formula is C18H21ClN2OS2. The molecule has 1 N–H and O–H groups in total. The van der Waals surface area contributed by atoms with E-state index in [9.17, 15) is 4.79 Å². The maximum atomic E-state index is 12.7. The Morgan fingerprint density at radius 1 is 1.08 bits per heavy atom. The van der Waals surface area contributed by atoms with Gasteiger partial charge in [-0.05, 0) is 54.2 Å². The molecule has 3 aliphatic heterocycles. The summed E-state index contributed by atoms with van der Waals surface area (Å²) in [6.07, 6.45) is 2.62. The zero-order chi connectivity index (χ0) is 15.4. The molecule has 1 saturated carbocycles. The fraction of sp³-hybridized carbons (Fsp3) is 0.500. The van der Waals surface area contributed by atoms with E-state index in [1.165, 1.54) is 42.2 Å². The molecule has 1 amide bonds. The fourth-order valence-corrected chi connectivity index (χ4v) is 6.62. The number of nitrogens with one attached hydrogen (secondary N) is 1. The summed E-state index contributed by atoms with van der Waals surface area (Å²) in [7, 11) is 0. The van der Waals surface area contributed by atoms with Gasteiger partial charge in [-0.15, -0.1) is 35.1 Å². The van der Waals surface area contributed by atoms with Crippen LogP contribution in [0.3, 0.4) is 0 Å². The molecule has 0 aromatic carbocycles. The van der Waals surface area contributed by atoms with E-state index in [1.807, 2.05) is 6.07 Å². The van der Waals surface area contributed by atoms with Crippen LogP contribution in [0, 0.1) is 17.8 Å². The minimum absolute atomic E-state index is 0. The molecule has 4 bridgehead atoms. The van der Waals surface area contributed by atoms with Crippen molar-refractivity contribution in [3.63, 3.8) is 0 Å². The SMILES string of the molecule is Cl.O=C(NC1[C@@H]2CC3C[C@@H]1CN(C3)C2)c1ccc(-c2cccs2)s1. The lowest BCUT2D eigenvalue weighted by Gasteiger charge is -2.55. The molecule has 128 valence electrons. The zero-order valence-electron chi connectivity index (χ0n) is 13.3. The van der Waals surface area contributed by atoms with Crippen LogP contribution >= 0.6 is 35.1 Å². The summed E-state index contributed by atoms with van der Waals surface area (Å²) in [4.78, 5) is 18.6. The van der Waals surface area contributed by atoms with Crippen molar-refractivity contribution in [1.29, 1.82) is 0 Å². The molecule has 0 unspecified atom stereocenters. The predicted molar refractivity (Wildman–Crippen MR) is 102 cm³/mol. The summed E-state index contributed by atoms with van der Waals surface area (Å²) in [5, 5.41) is 5.47. The molecular weight excluding hydrogens is 360 g/mol. The Hall–Kier alpha value is -0.880. The van der Waals surface area contributed by atoms with Gasteiger partial charge in [0.1, 0.15) is 0 Å². The van der Waals surface area contributed by atoms with Crippen molar-refractivity contribution in [2.24, 2.45) is 17.8 Å². The first-order valence-corrected chi connectivity index (χ1v) is 10.1. The number of halogens is 1. The maximum absolute atomic E-state index is 12.7. The smallest absolute Gasteiger partial charge is 0.261 e. The number of nitrogens with zero attached hydrogens (tertiary/aromatic N) is 1. The normalized spacial score (nSPS) is 33.2. The van der Waals surface area contributed by atoms with Crippen LogP contribution in [0.25, 0.3) is 9.75 Å². The Morgan fingerprint density at radius 2 is 1.88 bits per heavy atom. The second-order valence-electron chi connectivity index (χ2n) is 7.22. The molecule has 5 heterocycles. The third-order valence-electron chi connectivity index (χ3n) is 5.68. The first-order chi connectivity index (χ1) is 11.3. The van der Waals surface area contributed by atoms with Gasteiger partial charge in [-0.3, -0.25) is 4.79 Å². The van der Waals surface area contributed by atoms with E-state index < -0.39 is 0 Å². The number of rotatable bonds is 3. The molecule has 2 aromatic heterocycles. The number of carbonyl (C=O) groups is 1. The summed E-state index contributed by atoms with van der Waals surface area (Å²) in [6.45, 7) is 3.66. The minimum Gasteiger partial charge on any atom is -0.348 e. The maximum Gasteiger partial charge on any atom is 0.261 e. The van der Waals surface area contributed by atoms with Gasteiger partial charge in [-0.2, -0.15) is 0 Å². The van der Waals surface area contributed by atoms with E-state index in [0.29, 0.717) is 17.9 Å². The van der Waals surface area contributed by atoms with Gasteiger partial charge in [0, 0.05) is 35.4 Å². The zero-order valence-corrected chi connectivity index (χ0v) is 15.8. The molecule has 2 aromatic rings. The van der Waals surface area contributed by atoms with Crippen molar-refractivity contribution in [2.45, 2.75) is 18.9 Å². The summed E-state index contributed by atoms with van der Waals surface area (Å²) >= 11 is 3.34. The van der Waals surface area contributed by atoms with Crippen LogP contribution in [0.2, 0.25) is 0 Å². The van der Waals surface area contributed by atoms with Gasteiger partial charge in [0.05, 0.1) is 4.88 Å². The highest BCUT2D eigenvalue weighted by molar-refractivity contribution is 7.22. The summed E-state index contributed by atoms with van der Waals surface area (Å²) in [6, 6.07) is 8.62. The first-order valence-electron chi connectivity index (χ1n) is 8.43. The number of piperidine rings is 3. The highest BCUT2D eigenvalue weighted by atomic mass is 35.5. The van der Waals surface area contributed by atoms with Crippen LogP contribution < -0.4 is 5.32 Å². The van der Waals surface area contributed by atoms with Crippen molar-refractivity contribution in [2.75, 3.05) is 19.6 Å². The van der Waals surface area contributed by atoms with Gasteiger partial charge in [-0.25, -0.2) is 0 Å². The van der Waals surface area contributed by atoms with Crippen molar-refractivity contribution < 1.29 is 4.79 Å². The standard InChI is InChI=1S/C18H20N2OS2.ClH/c21-18(16-4-3-15(23-16)14-2-1-5-22-14)19-17-12-6-11-7-13(17)10-20(8-11)9-12;/h1-5,11-13,17H,6-10H2,(H,19,21);1H/t11?,12-,13-,17?;/m1./s1. The molecule has 1 aliphatic carbocycles. The van der Waals surface area contributed by atoms with Crippen molar-refractivity contribution in [1.82, 2.24) is 10.2 Å². The topological polar surface area (TPSA) is 32.3 Å². The summed E-state index contributed by atoms with van der Waals surface area (Å²) in [5.74, 6) is 2.35. The molecule has 0 radical (unpaired) electrons. The lowest BCUT2D eigenvalue weighted by molar-refractivity contribution is -0.0418. The van der Waals surface area contributed by atoms with Crippen LogP contribution in [-0.2, 0) is 0 Å². The quantitative estimate of drug-likeness (QED) is 0.873. The van der Waals surface area contributed by atoms with Gasteiger partial charge >= 0.3 is 0 Å². The monoisotopic (exact) mass is 380 g/mol. The van der Waals surface area contributed by atoms with Gasteiger partial charge in [0.25, 0.3) is 5.91 Å². The average molecular weight is 381 g/mol. The molecule has 6 heteroatoms. The van der Waals surface area contributed by atoms with Gasteiger partial charge in [0.2, 0.25) is 0 Å². The molecule has 0 spiro atoms. The average Bonchev–Trinajstić information content (AvgIpc) is 3.20. The van der Waals surface area contributed by atoms with E-state index in [-0.39, 0.29) is 18.3 Å². The Bertz CT molecular complexity index is 699. The van der Waals surface area contributed by atoms with Gasteiger partial charge in [0.15, 0.2) is 0 Å². The van der Waals surface area contributed by atoms with Crippen molar-refractivity contribution >= 4 is 41.0 Å². The van der Waals surface area contributed by atoms with Gasteiger partial charge < -0.3 is 10.2 Å². The largest absolute Gasteiger partial charge is 0.348 e. The lowest BCUT2D eigenvalue weighted by Crippen LogP contribution is -2.64. The first kappa shape index (κ1) is 16.6. The van der Waals surface area contributed by atoms with E-state index in [1.54, 1.807) is 22.7 Å². The fourth-order valence-electron chi connectivity index (χ4n) is 4.88. The van der Waals surface area contributed by atoms with Crippen molar-refractivity contribution in [3.05, 3.63) is 34.5 Å². The van der Waals surface area contributed by atoms with Crippen LogP contribution in [0.1, 0.15) is 22.5 Å². The summed E-state index contributed by atoms with van der Waals surface area (Å²) < 4.78 is 0. The highest BCUT2D eigenvalue weighted by Crippen LogP contribution is 2.43. The van der Waals surface area contributed by atoms with Gasteiger partial charge in [-0.1, -0.05) is 6.07 Å². The molecule has 4 aliphatic rings. The number of hydrogen-bond donors (Lipinski definition) is 1. The van der Waals surface area contributed by atoms with E-state index >= 15 is 0 Å². The van der Waals surface area contributed by atoms with Crippen LogP contribution in [0.5, 0.6) is 0 Å². The Morgan fingerprint density at radius 3 is 2.54 bits per heavy atom. The third kappa shape index (κ3) is 2.81. The highest BCUT2D eigenvalue weighted by Gasteiger charge is 2.47. The predicted octanol–water partition coefficient (Wildman–Crippen LogP) is 3.97. The second-order valence-corrected chi connectivity index (χ2v) is 9.25. The van der Waals surface area contributed by atoms with E-state index in [2.05, 4.69) is 33.8 Å². The Balaban J connectivity index is 0.00000146. The van der Waals surface area contributed by atoms with Crippen LogP contribution in [0.4, 0.5) is 0 Å².